The summed E-state index contributed by atoms with van der Waals surface area (Å²) in [6, 6.07) is 0.628. The molecule has 3 heteroatoms. The van der Waals surface area contributed by atoms with Crippen molar-refractivity contribution in [1.82, 2.24) is 10.2 Å². The SMILES string of the molecule is CCCNC(CN1CCOCC1)C(C)C. The molecule has 15 heavy (non-hydrogen) atoms. The lowest BCUT2D eigenvalue weighted by atomic mass is 10.0. The standard InChI is InChI=1S/C12H26N2O/c1-4-5-13-12(11(2)3)10-14-6-8-15-9-7-14/h11-13H,4-10H2,1-3H3. The Kier molecular flexibility index (Phi) is 6.22. The first-order valence-electron chi connectivity index (χ1n) is 6.27. The first-order valence-corrected chi connectivity index (χ1v) is 6.27. The molecule has 0 bridgehead atoms. The van der Waals surface area contributed by atoms with E-state index in [1.807, 2.05) is 0 Å². The van der Waals surface area contributed by atoms with Crippen molar-refractivity contribution < 1.29 is 4.74 Å². The monoisotopic (exact) mass is 214 g/mol. The molecule has 1 aliphatic rings. The molecule has 1 rings (SSSR count). The molecule has 1 N–H and O–H groups in total. The normalized spacial score (nSPS) is 20.8. The summed E-state index contributed by atoms with van der Waals surface area (Å²) in [6.07, 6.45) is 1.21. The van der Waals surface area contributed by atoms with Gasteiger partial charge in [0.05, 0.1) is 13.2 Å². The van der Waals surface area contributed by atoms with E-state index in [0.29, 0.717) is 12.0 Å². The highest BCUT2D eigenvalue weighted by Gasteiger charge is 2.18. The van der Waals surface area contributed by atoms with E-state index < -0.39 is 0 Å². The Bertz CT molecular complexity index is 156. The molecule has 0 amide bonds. The number of hydrogen-bond acceptors (Lipinski definition) is 3. The summed E-state index contributed by atoms with van der Waals surface area (Å²) in [5, 5.41) is 3.63. The third-order valence-electron chi connectivity index (χ3n) is 3.02. The summed E-state index contributed by atoms with van der Waals surface area (Å²) < 4.78 is 5.36. The summed E-state index contributed by atoms with van der Waals surface area (Å²) in [4.78, 5) is 2.51. The second-order valence-electron chi connectivity index (χ2n) is 4.72. The minimum Gasteiger partial charge on any atom is -0.379 e. The second kappa shape index (κ2) is 7.20. The van der Waals surface area contributed by atoms with Gasteiger partial charge in [-0.2, -0.15) is 0 Å². The molecule has 0 saturated carbocycles. The molecule has 90 valence electrons. The molecule has 1 unspecified atom stereocenters. The predicted octanol–water partition coefficient (Wildman–Crippen LogP) is 1.34. The van der Waals surface area contributed by atoms with E-state index in [9.17, 15) is 0 Å². The average Bonchev–Trinajstić information content (AvgIpc) is 2.25. The zero-order chi connectivity index (χ0) is 11.1. The van der Waals surface area contributed by atoms with Crippen molar-refractivity contribution in [2.45, 2.75) is 33.2 Å². The molecular formula is C12H26N2O. The molecule has 1 saturated heterocycles. The topological polar surface area (TPSA) is 24.5 Å². The minimum atomic E-state index is 0.628. The van der Waals surface area contributed by atoms with E-state index in [2.05, 4.69) is 31.0 Å². The Balaban J connectivity index is 2.28. The fourth-order valence-electron chi connectivity index (χ4n) is 1.90. The largest absolute Gasteiger partial charge is 0.379 e. The zero-order valence-electron chi connectivity index (χ0n) is 10.5. The highest BCUT2D eigenvalue weighted by atomic mass is 16.5. The third kappa shape index (κ3) is 4.96. The van der Waals surface area contributed by atoms with E-state index in [1.165, 1.54) is 13.0 Å². The van der Waals surface area contributed by atoms with Gasteiger partial charge < -0.3 is 10.1 Å². The third-order valence-corrected chi connectivity index (χ3v) is 3.02. The van der Waals surface area contributed by atoms with E-state index in [1.54, 1.807) is 0 Å². The Hall–Kier alpha value is -0.120. The fourth-order valence-corrected chi connectivity index (χ4v) is 1.90. The van der Waals surface area contributed by atoms with Gasteiger partial charge in [0, 0.05) is 25.7 Å². The van der Waals surface area contributed by atoms with Gasteiger partial charge in [-0.25, -0.2) is 0 Å². The van der Waals surface area contributed by atoms with Crippen molar-refractivity contribution in [3.8, 4) is 0 Å². The summed E-state index contributed by atoms with van der Waals surface area (Å²) in [5.41, 5.74) is 0. The van der Waals surface area contributed by atoms with Gasteiger partial charge >= 0.3 is 0 Å². The van der Waals surface area contributed by atoms with Gasteiger partial charge in [-0.05, 0) is 18.9 Å². The Labute approximate surface area is 94.2 Å². The van der Waals surface area contributed by atoms with Crippen LogP contribution in [0.15, 0.2) is 0 Å². The van der Waals surface area contributed by atoms with Gasteiger partial charge in [-0.1, -0.05) is 20.8 Å². The summed E-state index contributed by atoms with van der Waals surface area (Å²) >= 11 is 0. The lowest BCUT2D eigenvalue weighted by Crippen LogP contribution is -2.48. The molecule has 0 radical (unpaired) electrons. The average molecular weight is 214 g/mol. The highest BCUT2D eigenvalue weighted by Crippen LogP contribution is 2.06. The molecule has 0 spiro atoms. The van der Waals surface area contributed by atoms with Crippen LogP contribution in [0.5, 0.6) is 0 Å². The molecule has 0 aromatic heterocycles. The van der Waals surface area contributed by atoms with E-state index in [-0.39, 0.29) is 0 Å². The van der Waals surface area contributed by atoms with Crippen LogP contribution in [0.2, 0.25) is 0 Å². The molecular weight excluding hydrogens is 188 g/mol. The maximum Gasteiger partial charge on any atom is 0.0594 e. The summed E-state index contributed by atoms with van der Waals surface area (Å²) in [7, 11) is 0. The van der Waals surface area contributed by atoms with Crippen LogP contribution >= 0.6 is 0 Å². The first-order chi connectivity index (χ1) is 7.24. The number of nitrogens with zero attached hydrogens (tertiary/aromatic N) is 1. The lowest BCUT2D eigenvalue weighted by molar-refractivity contribution is 0.0310. The molecule has 0 aromatic rings. The van der Waals surface area contributed by atoms with Crippen LogP contribution in [0.1, 0.15) is 27.2 Å². The van der Waals surface area contributed by atoms with Gasteiger partial charge in [0.15, 0.2) is 0 Å². The fraction of sp³-hybridized carbons (Fsp3) is 1.00. The van der Waals surface area contributed by atoms with Crippen molar-refractivity contribution in [2.75, 3.05) is 39.4 Å². The van der Waals surface area contributed by atoms with Crippen molar-refractivity contribution in [3.05, 3.63) is 0 Å². The van der Waals surface area contributed by atoms with E-state index in [0.717, 1.165) is 32.8 Å². The first kappa shape index (κ1) is 12.9. The smallest absolute Gasteiger partial charge is 0.0594 e. The summed E-state index contributed by atoms with van der Waals surface area (Å²) in [6.45, 7) is 13.1. The Morgan fingerprint density at radius 1 is 1.27 bits per heavy atom. The van der Waals surface area contributed by atoms with E-state index >= 15 is 0 Å². The van der Waals surface area contributed by atoms with Crippen LogP contribution in [-0.2, 0) is 4.74 Å². The lowest BCUT2D eigenvalue weighted by Gasteiger charge is -2.32. The molecule has 0 aliphatic carbocycles. The van der Waals surface area contributed by atoms with Gasteiger partial charge in [0.2, 0.25) is 0 Å². The number of nitrogens with one attached hydrogen (secondary N) is 1. The number of ether oxygens (including phenoxy) is 1. The number of hydrogen-bond donors (Lipinski definition) is 1. The van der Waals surface area contributed by atoms with Crippen molar-refractivity contribution in [3.63, 3.8) is 0 Å². The minimum absolute atomic E-state index is 0.628. The maximum atomic E-state index is 5.36. The van der Waals surface area contributed by atoms with Crippen LogP contribution in [-0.4, -0.2) is 50.3 Å². The number of rotatable bonds is 6. The molecule has 1 aliphatic heterocycles. The molecule has 1 atom stereocenters. The predicted molar refractivity (Wildman–Crippen MR) is 64.2 cm³/mol. The second-order valence-corrected chi connectivity index (χ2v) is 4.72. The van der Waals surface area contributed by atoms with Crippen molar-refractivity contribution in [1.29, 1.82) is 0 Å². The van der Waals surface area contributed by atoms with Crippen LogP contribution in [0.3, 0.4) is 0 Å². The molecule has 3 nitrogen and oxygen atoms in total. The van der Waals surface area contributed by atoms with Gasteiger partial charge in [-0.15, -0.1) is 0 Å². The quantitative estimate of drug-likeness (QED) is 0.722. The number of morpholine rings is 1. The van der Waals surface area contributed by atoms with Gasteiger partial charge in [0.1, 0.15) is 0 Å². The van der Waals surface area contributed by atoms with Crippen molar-refractivity contribution in [2.24, 2.45) is 5.92 Å². The highest BCUT2D eigenvalue weighted by molar-refractivity contribution is 4.76. The maximum absolute atomic E-state index is 5.36. The molecule has 1 fully saturated rings. The molecule has 1 heterocycles. The Morgan fingerprint density at radius 3 is 2.47 bits per heavy atom. The van der Waals surface area contributed by atoms with Crippen LogP contribution in [0, 0.1) is 5.92 Å². The van der Waals surface area contributed by atoms with Crippen LogP contribution in [0.25, 0.3) is 0 Å². The molecule has 0 aromatic carbocycles. The van der Waals surface area contributed by atoms with Crippen LogP contribution < -0.4 is 5.32 Å². The summed E-state index contributed by atoms with van der Waals surface area (Å²) in [5.74, 6) is 0.708. The Morgan fingerprint density at radius 2 is 1.93 bits per heavy atom. The zero-order valence-corrected chi connectivity index (χ0v) is 10.5. The van der Waals surface area contributed by atoms with E-state index in [4.69, 9.17) is 4.74 Å². The van der Waals surface area contributed by atoms with Crippen molar-refractivity contribution >= 4 is 0 Å². The van der Waals surface area contributed by atoms with Crippen LogP contribution in [0.4, 0.5) is 0 Å². The van der Waals surface area contributed by atoms with Gasteiger partial charge in [0.25, 0.3) is 0 Å². The van der Waals surface area contributed by atoms with Gasteiger partial charge in [-0.3, -0.25) is 4.90 Å².